The van der Waals surface area contributed by atoms with Gasteiger partial charge in [-0.1, -0.05) is 12.1 Å². The Balaban J connectivity index is 1.31. The first-order valence-corrected chi connectivity index (χ1v) is 10.0. The van der Waals surface area contributed by atoms with Gasteiger partial charge in [0.25, 0.3) is 11.8 Å². The van der Waals surface area contributed by atoms with Crippen molar-refractivity contribution in [1.29, 1.82) is 0 Å². The van der Waals surface area contributed by atoms with Crippen LogP contribution >= 0.6 is 0 Å². The lowest BCUT2D eigenvalue weighted by atomic mass is 10.1. The molecule has 0 radical (unpaired) electrons. The van der Waals surface area contributed by atoms with Crippen molar-refractivity contribution in [2.24, 2.45) is 7.05 Å². The second-order valence-electron chi connectivity index (χ2n) is 7.72. The van der Waals surface area contributed by atoms with Crippen LogP contribution in [-0.4, -0.2) is 39.2 Å². The Morgan fingerprint density at radius 1 is 1.20 bits per heavy atom. The number of aryl methyl sites for hydroxylation is 3. The molecule has 0 aliphatic heterocycles. The van der Waals surface area contributed by atoms with Crippen molar-refractivity contribution in [3.05, 3.63) is 52.7 Å². The predicted molar refractivity (Wildman–Crippen MR) is 112 cm³/mol. The maximum Gasteiger partial charge on any atom is 0.258 e. The highest BCUT2D eigenvalue weighted by Gasteiger charge is 2.23. The molecule has 0 spiro atoms. The molecule has 0 bridgehead atoms. The smallest absolute Gasteiger partial charge is 0.258 e. The number of rotatable bonds is 7. The van der Waals surface area contributed by atoms with Crippen LogP contribution in [0.1, 0.15) is 40.0 Å². The molecule has 8 nitrogen and oxygen atoms in total. The zero-order valence-corrected chi connectivity index (χ0v) is 17.4. The molecule has 30 heavy (non-hydrogen) atoms. The molecule has 4 rings (SSSR count). The van der Waals surface area contributed by atoms with Gasteiger partial charge in [0, 0.05) is 30.9 Å². The molecule has 0 atom stereocenters. The van der Waals surface area contributed by atoms with Crippen LogP contribution in [0.3, 0.4) is 0 Å². The number of fused-ring (bicyclic) bond motifs is 1. The highest BCUT2D eigenvalue weighted by molar-refractivity contribution is 5.94. The zero-order valence-electron chi connectivity index (χ0n) is 17.4. The van der Waals surface area contributed by atoms with E-state index in [1.165, 1.54) is 0 Å². The van der Waals surface area contributed by atoms with Crippen LogP contribution in [0.4, 0.5) is 0 Å². The number of benzene rings is 1. The van der Waals surface area contributed by atoms with Gasteiger partial charge in [0.1, 0.15) is 0 Å². The van der Waals surface area contributed by atoms with Crippen molar-refractivity contribution >= 4 is 22.8 Å². The van der Waals surface area contributed by atoms with Crippen molar-refractivity contribution in [3.8, 4) is 5.88 Å². The van der Waals surface area contributed by atoms with Crippen molar-refractivity contribution in [1.82, 2.24) is 25.4 Å². The van der Waals surface area contributed by atoms with Crippen LogP contribution in [0.25, 0.3) is 11.0 Å². The molecule has 1 aliphatic rings. The van der Waals surface area contributed by atoms with Crippen LogP contribution < -0.4 is 15.4 Å². The molecule has 2 N–H and O–H groups in total. The van der Waals surface area contributed by atoms with Gasteiger partial charge in [0.15, 0.2) is 12.3 Å². The van der Waals surface area contributed by atoms with Crippen LogP contribution in [0, 0.1) is 13.8 Å². The van der Waals surface area contributed by atoms with E-state index in [2.05, 4.69) is 20.7 Å². The Morgan fingerprint density at radius 3 is 2.63 bits per heavy atom. The van der Waals surface area contributed by atoms with Crippen LogP contribution in [0.15, 0.2) is 30.3 Å². The van der Waals surface area contributed by atoms with E-state index >= 15 is 0 Å². The third-order valence-corrected chi connectivity index (χ3v) is 5.05. The van der Waals surface area contributed by atoms with E-state index in [4.69, 9.17) is 4.74 Å². The number of carbonyl (C=O) groups excluding carboxylic acids is 2. The Kier molecular flexibility index (Phi) is 5.39. The molecule has 1 aliphatic carbocycles. The molecule has 1 saturated carbocycles. The third kappa shape index (κ3) is 4.42. The summed E-state index contributed by atoms with van der Waals surface area (Å²) in [7, 11) is 1.80. The van der Waals surface area contributed by atoms with Crippen molar-refractivity contribution in [2.75, 3.05) is 6.61 Å². The Hall–Kier alpha value is -3.42. The second kappa shape index (κ2) is 8.14. The highest BCUT2D eigenvalue weighted by Crippen LogP contribution is 2.27. The summed E-state index contributed by atoms with van der Waals surface area (Å²) in [5, 5.41) is 10.9. The van der Waals surface area contributed by atoms with Gasteiger partial charge in [-0.15, -0.1) is 5.10 Å². The largest absolute Gasteiger partial charge is 0.466 e. The Labute approximate surface area is 174 Å². The van der Waals surface area contributed by atoms with E-state index in [1.54, 1.807) is 23.9 Å². The topological polar surface area (TPSA) is 98.1 Å². The molecule has 2 heterocycles. The van der Waals surface area contributed by atoms with Gasteiger partial charge in [-0.25, -0.2) is 9.67 Å². The summed E-state index contributed by atoms with van der Waals surface area (Å²) >= 11 is 0. The van der Waals surface area contributed by atoms with Gasteiger partial charge in [-0.05, 0) is 56.0 Å². The number of nitrogens with zero attached hydrogens (tertiary/aromatic N) is 3. The van der Waals surface area contributed by atoms with E-state index in [-0.39, 0.29) is 18.4 Å². The highest BCUT2D eigenvalue weighted by atomic mass is 16.5. The summed E-state index contributed by atoms with van der Waals surface area (Å²) in [6, 6.07) is 9.52. The van der Waals surface area contributed by atoms with Crippen molar-refractivity contribution in [2.45, 2.75) is 39.3 Å². The van der Waals surface area contributed by atoms with Crippen LogP contribution in [0.2, 0.25) is 0 Å². The summed E-state index contributed by atoms with van der Waals surface area (Å²) < 4.78 is 7.32. The number of carbonyl (C=O) groups is 2. The number of pyridine rings is 1. The van der Waals surface area contributed by atoms with Gasteiger partial charge in [-0.2, -0.15) is 0 Å². The normalized spacial score (nSPS) is 13.3. The SMILES string of the molecule is Cc1cc(C)c2c(OCC(=O)NCc3ccc(C(=O)NC4CC4)cc3)nn(C)c2n1. The van der Waals surface area contributed by atoms with Gasteiger partial charge in [0.05, 0.1) is 5.39 Å². The maximum absolute atomic E-state index is 12.2. The number of hydrogen-bond donors (Lipinski definition) is 2. The molecular formula is C22H25N5O3. The predicted octanol–water partition coefficient (Wildman–Crippen LogP) is 2.17. The molecule has 156 valence electrons. The van der Waals surface area contributed by atoms with E-state index in [1.807, 2.05) is 32.0 Å². The quantitative estimate of drug-likeness (QED) is 0.626. The average Bonchev–Trinajstić information content (AvgIpc) is 3.47. The molecule has 0 saturated heterocycles. The Morgan fingerprint density at radius 2 is 1.93 bits per heavy atom. The summed E-state index contributed by atoms with van der Waals surface area (Å²) in [6.07, 6.45) is 2.11. The molecule has 1 aromatic carbocycles. The first kappa shape index (κ1) is 19.9. The van der Waals surface area contributed by atoms with E-state index in [0.717, 1.165) is 40.7 Å². The van der Waals surface area contributed by atoms with E-state index in [9.17, 15) is 9.59 Å². The number of amides is 2. The molecule has 8 heteroatoms. The van der Waals surface area contributed by atoms with Crippen LogP contribution in [-0.2, 0) is 18.4 Å². The van der Waals surface area contributed by atoms with Gasteiger partial charge < -0.3 is 15.4 Å². The summed E-state index contributed by atoms with van der Waals surface area (Å²) in [5.74, 6) is 0.102. The number of nitrogens with one attached hydrogen (secondary N) is 2. The number of ether oxygens (including phenoxy) is 1. The third-order valence-electron chi connectivity index (χ3n) is 5.05. The standard InChI is InChI=1S/C22H25N5O3/c1-13-10-14(2)24-20-19(13)22(26-27(20)3)30-12-18(28)23-11-15-4-6-16(7-5-15)21(29)25-17-8-9-17/h4-7,10,17H,8-9,11-12H2,1-3H3,(H,23,28)(H,25,29). The fourth-order valence-electron chi connectivity index (χ4n) is 3.31. The molecule has 2 aromatic heterocycles. The maximum atomic E-state index is 12.2. The van der Waals surface area contributed by atoms with Crippen molar-refractivity contribution in [3.63, 3.8) is 0 Å². The lowest BCUT2D eigenvalue weighted by Gasteiger charge is -2.08. The molecule has 2 amide bonds. The number of hydrogen-bond acceptors (Lipinski definition) is 5. The molecule has 1 fully saturated rings. The summed E-state index contributed by atoms with van der Waals surface area (Å²) in [6.45, 7) is 4.12. The van der Waals surface area contributed by atoms with Crippen molar-refractivity contribution < 1.29 is 14.3 Å². The zero-order chi connectivity index (χ0) is 21.3. The fourth-order valence-corrected chi connectivity index (χ4v) is 3.31. The van der Waals surface area contributed by atoms with E-state index in [0.29, 0.717) is 24.0 Å². The average molecular weight is 407 g/mol. The first-order chi connectivity index (χ1) is 14.4. The minimum absolute atomic E-state index is 0.0518. The lowest BCUT2D eigenvalue weighted by Crippen LogP contribution is -2.28. The summed E-state index contributed by atoms with van der Waals surface area (Å²) in [5.41, 5.74) is 4.18. The minimum atomic E-state index is -0.248. The minimum Gasteiger partial charge on any atom is -0.466 e. The Bertz CT molecular complexity index is 1100. The molecule has 0 unspecified atom stereocenters. The van der Waals surface area contributed by atoms with Gasteiger partial charge >= 0.3 is 0 Å². The van der Waals surface area contributed by atoms with E-state index < -0.39 is 0 Å². The molecule has 3 aromatic rings. The van der Waals surface area contributed by atoms with Gasteiger partial charge in [0.2, 0.25) is 5.88 Å². The fraction of sp³-hybridized carbons (Fsp3) is 0.364. The monoisotopic (exact) mass is 407 g/mol. The number of aromatic nitrogens is 3. The first-order valence-electron chi connectivity index (χ1n) is 10.0. The lowest BCUT2D eigenvalue weighted by molar-refractivity contribution is -0.123. The van der Waals surface area contributed by atoms with Gasteiger partial charge in [-0.3, -0.25) is 9.59 Å². The second-order valence-corrected chi connectivity index (χ2v) is 7.72. The summed E-state index contributed by atoms with van der Waals surface area (Å²) in [4.78, 5) is 28.7. The van der Waals surface area contributed by atoms with Crippen LogP contribution in [0.5, 0.6) is 5.88 Å². The molecular weight excluding hydrogens is 382 g/mol.